The largest absolute Gasteiger partial charge is 0.492 e. The molecule has 0 amide bonds. The Morgan fingerprint density at radius 3 is 2.86 bits per heavy atom. The normalized spacial score (nSPS) is 12.8. The van der Waals surface area contributed by atoms with Gasteiger partial charge in [0.05, 0.1) is 11.5 Å². The van der Waals surface area contributed by atoms with E-state index in [0.717, 1.165) is 39.1 Å². The molecule has 0 saturated heterocycles. The van der Waals surface area contributed by atoms with Crippen LogP contribution in [0, 0.1) is 11.6 Å². The smallest absolute Gasteiger partial charge is 0.173 e. The Bertz CT molecular complexity index is 1200. The second-order valence-corrected chi connectivity index (χ2v) is 7.46. The van der Waals surface area contributed by atoms with Crippen LogP contribution >= 0.6 is 11.3 Å². The lowest BCUT2D eigenvalue weighted by atomic mass is 10.1. The average molecular weight is 396 g/mol. The molecular weight excluding hydrogens is 382 g/mol. The number of fused-ring (bicyclic) bond motifs is 3. The molecule has 0 saturated carbocycles. The molecule has 0 spiro atoms. The molecule has 2 N–H and O–H groups in total. The Morgan fingerprint density at radius 1 is 1.11 bits per heavy atom. The molecule has 0 radical (unpaired) electrons. The number of ether oxygens (including phenoxy) is 1. The van der Waals surface area contributed by atoms with Gasteiger partial charge in [-0.05, 0) is 35.9 Å². The number of aromatic nitrogens is 3. The standard InChI is InChI=1S/C20H14F2N4OS/c21-12-1-4-16(15(22)8-12)26-20(24-10-25-26)18-7-11-5-6-27-17-9-13(23)2-3-14(17)19(11)28-18/h1-4,7-10H,5-6,23H2. The number of anilines is 1. The number of hydrogen-bond acceptors (Lipinski definition) is 5. The first-order chi connectivity index (χ1) is 13.6. The van der Waals surface area contributed by atoms with E-state index in [9.17, 15) is 8.78 Å². The predicted octanol–water partition coefficient (Wildman–Crippen LogP) is 4.46. The maximum atomic E-state index is 14.3. The van der Waals surface area contributed by atoms with Gasteiger partial charge in [0.2, 0.25) is 0 Å². The number of nitrogen functional groups attached to an aromatic ring is 1. The second kappa shape index (κ2) is 6.42. The number of hydrogen-bond donors (Lipinski definition) is 1. The third-order valence-corrected chi connectivity index (χ3v) is 5.80. The highest BCUT2D eigenvalue weighted by Crippen LogP contribution is 2.44. The number of halogens is 2. The Balaban J connectivity index is 1.64. The van der Waals surface area contributed by atoms with Gasteiger partial charge in [0, 0.05) is 34.7 Å². The summed E-state index contributed by atoms with van der Waals surface area (Å²) in [6.07, 6.45) is 2.10. The fourth-order valence-electron chi connectivity index (χ4n) is 3.31. The monoisotopic (exact) mass is 396 g/mol. The molecule has 0 unspecified atom stereocenters. The van der Waals surface area contributed by atoms with Gasteiger partial charge in [-0.2, -0.15) is 5.10 Å². The van der Waals surface area contributed by atoms with Gasteiger partial charge in [-0.15, -0.1) is 11.3 Å². The van der Waals surface area contributed by atoms with Crippen molar-refractivity contribution in [1.82, 2.24) is 14.8 Å². The molecule has 0 atom stereocenters. The summed E-state index contributed by atoms with van der Waals surface area (Å²) in [5.74, 6) is -0.0829. The maximum absolute atomic E-state index is 14.3. The summed E-state index contributed by atoms with van der Waals surface area (Å²) in [5.41, 5.74) is 8.77. The first-order valence-electron chi connectivity index (χ1n) is 8.61. The predicted molar refractivity (Wildman–Crippen MR) is 104 cm³/mol. The lowest BCUT2D eigenvalue weighted by molar-refractivity contribution is 0.326. The van der Waals surface area contributed by atoms with E-state index in [4.69, 9.17) is 10.5 Å². The summed E-state index contributed by atoms with van der Waals surface area (Å²) >= 11 is 1.53. The second-order valence-electron chi connectivity index (χ2n) is 6.41. The molecule has 1 aliphatic rings. The number of nitrogens with zero attached hydrogens (tertiary/aromatic N) is 3. The van der Waals surface area contributed by atoms with Gasteiger partial charge in [-0.25, -0.2) is 18.4 Å². The van der Waals surface area contributed by atoms with Crippen molar-refractivity contribution in [3.8, 4) is 32.6 Å². The summed E-state index contributed by atoms with van der Waals surface area (Å²) in [7, 11) is 0. The van der Waals surface area contributed by atoms with E-state index in [2.05, 4.69) is 10.1 Å². The molecule has 0 fully saturated rings. The van der Waals surface area contributed by atoms with E-state index in [1.807, 2.05) is 24.3 Å². The number of thiophene rings is 1. The van der Waals surface area contributed by atoms with Crippen molar-refractivity contribution in [2.24, 2.45) is 0 Å². The molecule has 5 nitrogen and oxygen atoms in total. The topological polar surface area (TPSA) is 66.0 Å². The maximum Gasteiger partial charge on any atom is 0.173 e. The minimum absolute atomic E-state index is 0.147. The van der Waals surface area contributed by atoms with E-state index in [-0.39, 0.29) is 5.69 Å². The van der Waals surface area contributed by atoms with E-state index >= 15 is 0 Å². The van der Waals surface area contributed by atoms with E-state index in [1.54, 1.807) is 0 Å². The fraction of sp³-hybridized carbons (Fsp3) is 0.100. The lowest BCUT2D eigenvalue weighted by Crippen LogP contribution is -2.02. The summed E-state index contributed by atoms with van der Waals surface area (Å²) in [5, 5.41) is 4.14. The van der Waals surface area contributed by atoms with Crippen molar-refractivity contribution in [1.29, 1.82) is 0 Å². The van der Waals surface area contributed by atoms with Gasteiger partial charge in [0.15, 0.2) is 11.6 Å². The van der Waals surface area contributed by atoms with Gasteiger partial charge < -0.3 is 10.5 Å². The van der Waals surface area contributed by atoms with Gasteiger partial charge in [0.1, 0.15) is 23.6 Å². The fourth-order valence-corrected chi connectivity index (χ4v) is 4.53. The molecule has 140 valence electrons. The van der Waals surface area contributed by atoms with Crippen molar-refractivity contribution in [2.45, 2.75) is 6.42 Å². The molecule has 28 heavy (non-hydrogen) atoms. The number of benzene rings is 2. The third kappa shape index (κ3) is 2.73. The highest BCUT2D eigenvalue weighted by atomic mass is 32.1. The zero-order chi connectivity index (χ0) is 19.3. The number of rotatable bonds is 2. The van der Waals surface area contributed by atoms with Crippen molar-refractivity contribution in [2.75, 3.05) is 12.3 Å². The quantitative estimate of drug-likeness (QED) is 0.508. The zero-order valence-electron chi connectivity index (χ0n) is 14.5. The van der Waals surface area contributed by atoms with Crippen LogP contribution < -0.4 is 10.5 Å². The van der Waals surface area contributed by atoms with Crippen LogP contribution in [-0.4, -0.2) is 21.4 Å². The SMILES string of the molecule is Nc1ccc2c(c1)OCCc1cc(-c3ncnn3-c3ccc(F)cc3F)sc1-2. The highest BCUT2D eigenvalue weighted by Gasteiger charge is 2.22. The molecule has 0 bridgehead atoms. The molecule has 8 heteroatoms. The van der Waals surface area contributed by atoms with Crippen LogP contribution in [0.1, 0.15) is 5.56 Å². The summed E-state index contributed by atoms with van der Waals surface area (Å²) < 4.78 is 34.8. The van der Waals surface area contributed by atoms with Crippen molar-refractivity contribution in [3.63, 3.8) is 0 Å². The third-order valence-electron chi connectivity index (χ3n) is 4.59. The van der Waals surface area contributed by atoms with Crippen LogP contribution in [0.4, 0.5) is 14.5 Å². The Morgan fingerprint density at radius 2 is 2.00 bits per heavy atom. The molecule has 2 aromatic heterocycles. The summed E-state index contributed by atoms with van der Waals surface area (Å²) in [6, 6.07) is 11.0. The molecule has 2 aromatic carbocycles. The highest BCUT2D eigenvalue weighted by molar-refractivity contribution is 7.19. The summed E-state index contributed by atoms with van der Waals surface area (Å²) in [4.78, 5) is 6.22. The van der Waals surface area contributed by atoms with Gasteiger partial charge in [-0.1, -0.05) is 0 Å². The first kappa shape index (κ1) is 16.9. The lowest BCUT2D eigenvalue weighted by Gasteiger charge is -2.08. The van der Waals surface area contributed by atoms with Crippen LogP contribution in [0.15, 0.2) is 48.8 Å². The Labute approximate surface area is 163 Å². The molecule has 3 heterocycles. The van der Waals surface area contributed by atoms with Crippen LogP contribution in [0.3, 0.4) is 0 Å². The zero-order valence-corrected chi connectivity index (χ0v) is 15.3. The summed E-state index contributed by atoms with van der Waals surface area (Å²) in [6.45, 7) is 0.541. The van der Waals surface area contributed by atoms with Gasteiger partial charge >= 0.3 is 0 Å². The first-order valence-corrected chi connectivity index (χ1v) is 9.43. The van der Waals surface area contributed by atoms with Crippen LogP contribution in [-0.2, 0) is 6.42 Å². The van der Waals surface area contributed by atoms with Gasteiger partial charge in [0.25, 0.3) is 0 Å². The van der Waals surface area contributed by atoms with Crippen LogP contribution in [0.2, 0.25) is 0 Å². The van der Waals surface area contributed by atoms with Crippen molar-refractivity contribution >= 4 is 17.0 Å². The van der Waals surface area contributed by atoms with E-state index in [0.29, 0.717) is 18.1 Å². The van der Waals surface area contributed by atoms with Crippen LogP contribution in [0.5, 0.6) is 5.75 Å². The Hall–Kier alpha value is -3.26. The van der Waals surface area contributed by atoms with E-state index < -0.39 is 11.6 Å². The van der Waals surface area contributed by atoms with Gasteiger partial charge in [-0.3, -0.25) is 0 Å². The molecule has 0 aliphatic carbocycles. The van der Waals surface area contributed by atoms with Crippen molar-refractivity contribution in [3.05, 3.63) is 66.0 Å². The Kier molecular flexibility index (Phi) is 3.87. The van der Waals surface area contributed by atoms with E-state index in [1.165, 1.54) is 34.5 Å². The molecular formula is C20H14F2N4OS. The van der Waals surface area contributed by atoms with Crippen molar-refractivity contribution < 1.29 is 13.5 Å². The number of nitrogens with two attached hydrogens (primary N) is 1. The molecule has 5 rings (SSSR count). The minimum Gasteiger partial charge on any atom is -0.492 e. The molecule has 4 aromatic rings. The molecule has 1 aliphatic heterocycles. The minimum atomic E-state index is -0.695. The average Bonchev–Trinajstić information content (AvgIpc) is 3.26. The van der Waals surface area contributed by atoms with Crippen LogP contribution in [0.25, 0.3) is 26.8 Å².